The number of nitrogens with two attached hydrogens (primary N) is 4. The Bertz CT molecular complexity index is 3090. The maximum Gasteiger partial charge on any atom is 0.338 e. The third-order valence-corrected chi connectivity index (χ3v) is 17.1. The summed E-state index contributed by atoms with van der Waals surface area (Å²) >= 11 is 4.29. The van der Waals surface area contributed by atoms with Crippen molar-refractivity contribution in [2.45, 2.75) is 180 Å². The fourth-order valence-corrected chi connectivity index (χ4v) is 11.6. The average molecular weight is 1380 g/mol. The van der Waals surface area contributed by atoms with Crippen molar-refractivity contribution in [1.82, 2.24) is 31.5 Å². The lowest BCUT2D eigenvalue weighted by molar-refractivity contribution is -0.459. The number of aliphatic carboxylic acids is 1. The maximum atomic E-state index is 14.5. The number of carbonyl (C=O) groups excluding carboxylic acids is 13. The van der Waals surface area contributed by atoms with Gasteiger partial charge in [-0.25, -0.2) is 0 Å². The summed E-state index contributed by atoms with van der Waals surface area (Å²) in [7, 11) is 0. The number of benzene rings is 2. The molecule has 1 aliphatic rings. The van der Waals surface area contributed by atoms with Crippen LogP contribution in [0.5, 0.6) is 11.5 Å². The maximum absolute atomic E-state index is 14.5. The number of phenolic OH excluding ortho intramolecular Hbond substituents is 2. The molecule has 3 rings (SSSR count). The van der Waals surface area contributed by atoms with Crippen LogP contribution in [0.2, 0.25) is 0 Å². The molecule has 0 unspecified atom stereocenters. The summed E-state index contributed by atoms with van der Waals surface area (Å²) in [5.74, 6) is -16.5. The molecular weight excluding hydrogens is 1280 g/mol. The van der Waals surface area contributed by atoms with Gasteiger partial charge >= 0.3 is 11.9 Å². The van der Waals surface area contributed by atoms with Crippen molar-refractivity contribution >= 4 is 101 Å². The number of thiol groups is 1. The number of nitrogens with zero attached hydrogens (tertiary/aromatic N) is 1. The third-order valence-electron chi connectivity index (χ3n) is 16.7. The van der Waals surface area contributed by atoms with Gasteiger partial charge in [0, 0.05) is 80.4 Å². The molecule has 0 saturated carbocycles. The number of amides is 8. The number of unbranched alkanes of at least 4 members (excludes halogenated alkanes) is 1. The molecule has 0 aromatic heterocycles. The van der Waals surface area contributed by atoms with Gasteiger partial charge in [0.05, 0.1) is 56.7 Å². The van der Waals surface area contributed by atoms with E-state index < -0.39 is 188 Å². The van der Waals surface area contributed by atoms with Gasteiger partial charge in [-0.15, -0.1) is 0 Å². The Labute approximate surface area is 569 Å². The van der Waals surface area contributed by atoms with Crippen LogP contribution >= 0.6 is 12.6 Å². The summed E-state index contributed by atoms with van der Waals surface area (Å²) in [6, 6.07) is 3.36. The lowest BCUT2D eigenvalue weighted by atomic mass is 9.86. The highest BCUT2D eigenvalue weighted by Gasteiger charge is 2.41. The van der Waals surface area contributed by atoms with Crippen LogP contribution in [0.3, 0.4) is 0 Å². The number of phenols is 2. The number of carboxylic acids is 1. The SMILES string of the molecule is CC(C)C[C@H](C)C(=O)C[C@@H](Cc1ccc(O)cc1)C(=O)N[C@@H](CCC[NH+]=C(N)N)C(=O)C[C@@H](C)C(=O)N[C@@H](CC(N)=O)C(=O)CCC(=O)N[C@@H](CC(=O)O)C(=O)C[C@@H](CCCC[NH3+])C(=O)N1CCC[C@H]1C(=O)N[C@@H](CS)C(=O)C[C@@H](Cc1ccc(O)cc1)C(=O)N[C@@H](CO)C(N)=O. The molecule has 0 radical (unpaired) electrons. The molecule has 2 aromatic carbocycles. The molecular formula is C66H100N12O18S+2. The number of aromatic hydroxyl groups is 2. The lowest BCUT2D eigenvalue weighted by Gasteiger charge is -2.30. The Balaban J connectivity index is 1.76. The van der Waals surface area contributed by atoms with Gasteiger partial charge < -0.3 is 69.1 Å². The van der Waals surface area contributed by atoms with Crippen molar-refractivity contribution in [3.05, 3.63) is 59.7 Å². The average Bonchev–Trinajstić information content (AvgIpc) is 1.77. The van der Waals surface area contributed by atoms with Crippen LogP contribution < -0.4 is 60.2 Å². The van der Waals surface area contributed by atoms with Gasteiger partial charge in [0.15, 0.2) is 23.1 Å². The Hall–Kier alpha value is -8.84. The fourth-order valence-electron chi connectivity index (χ4n) is 11.3. The van der Waals surface area contributed by atoms with Crippen molar-refractivity contribution in [2.75, 3.05) is 32.0 Å². The van der Waals surface area contributed by atoms with E-state index in [1.165, 1.54) is 48.2 Å². The van der Waals surface area contributed by atoms with E-state index >= 15 is 0 Å². The van der Waals surface area contributed by atoms with Crippen LogP contribution in [0.4, 0.5) is 0 Å². The van der Waals surface area contributed by atoms with Gasteiger partial charge in [-0.3, -0.25) is 83.6 Å². The molecule has 1 saturated heterocycles. The van der Waals surface area contributed by atoms with E-state index in [-0.39, 0.29) is 98.9 Å². The monoisotopic (exact) mass is 1380 g/mol. The standard InChI is InChI=1S/C66H98N12O18S/c1-36(2)25-37(3)53(83)30-42(27-39-12-16-44(80)17-13-39)62(93)74-46(10-7-23-72-66(70)71)54(84)26-38(4)61(92)75-47(32-57(68)87)52(82)20-21-58(88)73-48(33-59(89)90)55(85)29-41(9-5-6-22-67)65(96)78-24-8-11-51(78)64(95)77-50(35-97)56(86)31-43(28-40-14-18-45(81)19-15-40)63(94)76-49(34-79)60(69)91/h12-19,36-38,41-43,46-51,79-81,97H,5-11,20-35,67H2,1-4H3,(H2,68,87)(H2,69,91)(H,73,88)(H,74,93)(H,75,92)(H,76,94)(H,77,95)(H,89,90)(H4,70,71,72)/p+2/t37-,38+,41+,42+,43+,46-,47-,48-,49-,50-,51-/m0/s1. The minimum Gasteiger partial charge on any atom is -0.508 e. The second-order valence-electron chi connectivity index (χ2n) is 25.4. The summed E-state index contributed by atoms with van der Waals surface area (Å²) in [5, 5.41) is 51.7. The van der Waals surface area contributed by atoms with Crippen LogP contribution in [-0.4, -0.2) is 182 Å². The zero-order valence-electron chi connectivity index (χ0n) is 55.7. The third kappa shape index (κ3) is 29.6. The first-order valence-corrected chi connectivity index (χ1v) is 33.3. The number of primary amides is 2. The predicted octanol–water partition coefficient (Wildman–Crippen LogP) is -3.05. The van der Waals surface area contributed by atoms with Crippen molar-refractivity contribution in [1.29, 1.82) is 0 Å². The second kappa shape index (κ2) is 42.0. The van der Waals surface area contributed by atoms with E-state index in [1.807, 2.05) is 13.8 Å². The molecule has 21 N–H and O–H groups in total. The smallest absolute Gasteiger partial charge is 0.338 e. The number of hydrogen-bond donors (Lipinski definition) is 16. The number of aliphatic hydroxyl groups excluding tert-OH is 1. The van der Waals surface area contributed by atoms with Crippen molar-refractivity contribution in [3.63, 3.8) is 0 Å². The highest BCUT2D eigenvalue weighted by atomic mass is 32.1. The summed E-state index contributed by atoms with van der Waals surface area (Å²) in [6.07, 6.45) is -2.55. The lowest BCUT2D eigenvalue weighted by Crippen LogP contribution is -2.78. The number of carbonyl (C=O) groups is 14. The van der Waals surface area contributed by atoms with E-state index in [0.29, 0.717) is 43.4 Å². The van der Waals surface area contributed by atoms with Gasteiger partial charge in [-0.1, -0.05) is 52.0 Å². The summed E-state index contributed by atoms with van der Waals surface area (Å²) in [6.45, 7) is 6.95. The topological polar surface area (TPSA) is 529 Å². The highest BCUT2D eigenvalue weighted by molar-refractivity contribution is 7.80. The molecule has 2 aromatic rings. The molecule has 536 valence electrons. The predicted molar refractivity (Wildman–Crippen MR) is 355 cm³/mol. The minimum absolute atomic E-state index is 0.00768. The highest BCUT2D eigenvalue weighted by Crippen LogP contribution is 2.27. The first-order valence-electron chi connectivity index (χ1n) is 32.7. The van der Waals surface area contributed by atoms with Crippen molar-refractivity contribution in [2.24, 2.45) is 58.4 Å². The van der Waals surface area contributed by atoms with E-state index in [2.05, 4.69) is 49.9 Å². The van der Waals surface area contributed by atoms with Crippen LogP contribution in [0.25, 0.3) is 0 Å². The van der Waals surface area contributed by atoms with Crippen LogP contribution in [0.1, 0.15) is 142 Å². The minimum atomic E-state index is -1.74. The first-order chi connectivity index (χ1) is 45.8. The van der Waals surface area contributed by atoms with Crippen molar-refractivity contribution in [3.8, 4) is 11.5 Å². The molecule has 97 heavy (non-hydrogen) atoms. The number of nitrogens with one attached hydrogen (secondary N) is 6. The number of Topliss-reactive ketones (excluding diaryl/α,β-unsaturated/α-hetero) is 5. The summed E-state index contributed by atoms with van der Waals surface area (Å²) < 4.78 is 0. The number of quaternary nitrogens is 1. The Kier molecular flexibility index (Phi) is 35.7. The summed E-state index contributed by atoms with van der Waals surface area (Å²) in [4.78, 5) is 193. The van der Waals surface area contributed by atoms with Gasteiger partial charge in [-0.05, 0) is 106 Å². The Morgan fingerprint density at radius 1 is 0.588 bits per heavy atom. The molecule has 1 aliphatic heterocycles. The number of hydrogen-bond acceptors (Lipinski definition) is 18. The van der Waals surface area contributed by atoms with E-state index in [1.54, 1.807) is 19.1 Å². The van der Waals surface area contributed by atoms with Crippen LogP contribution in [0.15, 0.2) is 48.5 Å². The molecule has 0 spiro atoms. The second-order valence-corrected chi connectivity index (χ2v) is 25.7. The van der Waals surface area contributed by atoms with Crippen LogP contribution in [0, 0.1) is 35.5 Å². The van der Waals surface area contributed by atoms with Gasteiger partial charge in [0.25, 0.3) is 0 Å². The fraction of sp³-hybridized carbons (Fsp3) is 0.591. The van der Waals surface area contributed by atoms with Gasteiger partial charge in [0.1, 0.15) is 29.4 Å². The summed E-state index contributed by atoms with van der Waals surface area (Å²) in [5.41, 5.74) is 26.9. The molecule has 0 bridgehead atoms. The number of guanidine groups is 1. The molecule has 1 heterocycles. The largest absolute Gasteiger partial charge is 0.508 e. The van der Waals surface area contributed by atoms with Crippen LogP contribution in [-0.2, 0) is 80.0 Å². The molecule has 1 fully saturated rings. The zero-order chi connectivity index (χ0) is 72.6. The van der Waals surface area contributed by atoms with E-state index in [4.69, 9.17) is 22.9 Å². The number of aliphatic hydroxyl groups is 1. The number of ketones is 5. The molecule has 30 nitrogen and oxygen atoms in total. The van der Waals surface area contributed by atoms with E-state index in [9.17, 15) is 87.5 Å². The van der Waals surface area contributed by atoms with Gasteiger partial charge in [-0.2, -0.15) is 12.6 Å². The molecule has 0 aliphatic carbocycles. The first kappa shape index (κ1) is 82.4. The normalized spacial score (nSPS) is 15.9. The quantitative estimate of drug-likeness (QED) is 0.0136. The number of likely N-dealkylation sites (tertiary alicyclic amines) is 1. The molecule has 31 heteroatoms. The Morgan fingerprint density at radius 2 is 1.11 bits per heavy atom. The van der Waals surface area contributed by atoms with Gasteiger partial charge in [0.2, 0.25) is 47.3 Å². The Morgan fingerprint density at radius 3 is 1.63 bits per heavy atom. The zero-order valence-corrected chi connectivity index (χ0v) is 56.6. The number of carboxylic acid groups (broad SMARTS) is 1. The molecule has 8 amide bonds. The number of rotatable bonds is 47. The van der Waals surface area contributed by atoms with E-state index in [0.717, 1.165) is 0 Å². The van der Waals surface area contributed by atoms with Crippen molar-refractivity contribution < 1.29 is 98.3 Å². The molecule has 11 atom stereocenters.